The number of anilines is 1. The van der Waals surface area contributed by atoms with Gasteiger partial charge in [-0.3, -0.25) is 4.79 Å². The SMILES string of the molecule is Cc1nn(-c2ncccn2)c2c1[C@H](c1ccccc1OC(C)C)CC(=O)N2. The van der Waals surface area contributed by atoms with Crippen molar-refractivity contribution in [3.63, 3.8) is 0 Å². The molecule has 7 nitrogen and oxygen atoms in total. The molecule has 0 saturated heterocycles. The van der Waals surface area contributed by atoms with Gasteiger partial charge in [-0.25, -0.2) is 9.97 Å². The molecule has 0 aliphatic carbocycles. The van der Waals surface area contributed by atoms with Gasteiger partial charge in [0.15, 0.2) is 0 Å². The van der Waals surface area contributed by atoms with E-state index in [9.17, 15) is 4.79 Å². The largest absolute Gasteiger partial charge is 0.491 e. The van der Waals surface area contributed by atoms with Gasteiger partial charge in [0.05, 0.1) is 11.8 Å². The minimum absolute atomic E-state index is 0.0459. The molecule has 3 aromatic rings. The number of carbonyl (C=O) groups is 1. The number of rotatable bonds is 4. The van der Waals surface area contributed by atoms with Crippen LogP contribution in [-0.2, 0) is 4.79 Å². The van der Waals surface area contributed by atoms with E-state index >= 15 is 0 Å². The van der Waals surface area contributed by atoms with E-state index in [0.717, 1.165) is 22.6 Å². The Balaban J connectivity index is 1.86. The van der Waals surface area contributed by atoms with E-state index in [4.69, 9.17) is 4.74 Å². The molecule has 0 saturated carbocycles. The third-order valence-electron chi connectivity index (χ3n) is 4.50. The standard InChI is InChI=1S/C20H21N5O2/c1-12(2)27-16-8-5-4-7-14(16)15-11-17(26)23-19-18(15)13(3)24-25(19)20-21-9-6-10-22-20/h4-10,12,15H,11H2,1-3H3,(H,23,26)/t15-/m0/s1. The molecule has 1 aliphatic rings. The first-order valence-electron chi connectivity index (χ1n) is 8.97. The molecule has 27 heavy (non-hydrogen) atoms. The maximum atomic E-state index is 12.5. The van der Waals surface area contributed by atoms with Crippen LogP contribution in [0.5, 0.6) is 5.75 Å². The Bertz CT molecular complexity index is 981. The van der Waals surface area contributed by atoms with Crippen molar-refractivity contribution in [1.82, 2.24) is 19.7 Å². The number of hydrogen-bond acceptors (Lipinski definition) is 5. The van der Waals surface area contributed by atoms with E-state index < -0.39 is 0 Å². The van der Waals surface area contributed by atoms with Crippen LogP contribution >= 0.6 is 0 Å². The quantitative estimate of drug-likeness (QED) is 0.769. The number of hydrogen-bond donors (Lipinski definition) is 1. The lowest BCUT2D eigenvalue weighted by molar-refractivity contribution is -0.116. The van der Waals surface area contributed by atoms with Crippen LogP contribution in [0.2, 0.25) is 0 Å². The van der Waals surface area contributed by atoms with Crippen LogP contribution in [0.15, 0.2) is 42.7 Å². The van der Waals surface area contributed by atoms with Gasteiger partial charge >= 0.3 is 0 Å². The maximum Gasteiger partial charge on any atom is 0.252 e. The van der Waals surface area contributed by atoms with E-state index in [1.807, 2.05) is 45.0 Å². The van der Waals surface area contributed by atoms with Gasteiger partial charge in [0.1, 0.15) is 11.6 Å². The zero-order chi connectivity index (χ0) is 19.0. The lowest BCUT2D eigenvalue weighted by Gasteiger charge is -2.26. The van der Waals surface area contributed by atoms with Crippen LogP contribution in [0.4, 0.5) is 5.82 Å². The fourth-order valence-corrected chi connectivity index (χ4v) is 3.49. The summed E-state index contributed by atoms with van der Waals surface area (Å²) in [6.45, 7) is 5.92. The van der Waals surface area contributed by atoms with E-state index in [2.05, 4.69) is 20.4 Å². The summed E-state index contributed by atoms with van der Waals surface area (Å²) in [7, 11) is 0. The number of carbonyl (C=O) groups excluding carboxylic acids is 1. The molecule has 0 spiro atoms. The van der Waals surface area contributed by atoms with Gasteiger partial charge in [0, 0.05) is 35.9 Å². The van der Waals surface area contributed by atoms with Gasteiger partial charge in [-0.05, 0) is 32.9 Å². The molecule has 1 aromatic carbocycles. The number of ether oxygens (including phenoxy) is 1. The number of aryl methyl sites for hydroxylation is 1. The number of nitrogens with zero attached hydrogens (tertiary/aromatic N) is 4. The van der Waals surface area contributed by atoms with Crippen molar-refractivity contribution in [2.45, 2.75) is 39.2 Å². The molecular formula is C20H21N5O2. The Labute approximate surface area is 157 Å². The molecule has 1 N–H and O–H groups in total. The van der Waals surface area contributed by atoms with Gasteiger partial charge < -0.3 is 10.1 Å². The number of para-hydroxylation sites is 1. The molecule has 1 atom stereocenters. The fourth-order valence-electron chi connectivity index (χ4n) is 3.49. The van der Waals surface area contributed by atoms with Crippen molar-refractivity contribution in [3.05, 3.63) is 59.5 Å². The smallest absolute Gasteiger partial charge is 0.252 e. The summed E-state index contributed by atoms with van der Waals surface area (Å²) in [4.78, 5) is 21.0. The van der Waals surface area contributed by atoms with Gasteiger partial charge in [-0.2, -0.15) is 9.78 Å². The first kappa shape index (κ1) is 17.2. The Morgan fingerprint density at radius 1 is 1.19 bits per heavy atom. The van der Waals surface area contributed by atoms with Crippen LogP contribution in [0.1, 0.15) is 43.0 Å². The second-order valence-electron chi connectivity index (χ2n) is 6.82. The van der Waals surface area contributed by atoms with Crippen molar-refractivity contribution >= 4 is 11.7 Å². The van der Waals surface area contributed by atoms with Crippen molar-refractivity contribution in [1.29, 1.82) is 0 Å². The van der Waals surface area contributed by atoms with Crippen LogP contribution in [0, 0.1) is 6.92 Å². The minimum atomic E-state index is -0.138. The van der Waals surface area contributed by atoms with Crippen LogP contribution in [0.3, 0.4) is 0 Å². The number of aromatic nitrogens is 4. The lowest BCUT2D eigenvalue weighted by Crippen LogP contribution is -2.25. The predicted molar refractivity (Wildman–Crippen MR) is 101 cm³/mol. The Morgan fingerprint density at radius 2 is 1.93 bits per heavy atom. The third kappa shape index (κ3) is 3.16. The zero-order valence-corrected chi connectivity index (χ0v) is 15.5. The summed E-state index contributed by atoms with van der Waals surface area (Å²) in [6.07, 6.45) is 3.69. The second-order valence-corrected chi connectivity index (χ2v) is 6.82. The summed E-state index contributed by atoms with van der Waals surface area (Å²) in [5.41, 5.74) is 2.79. The third-order valence-corrected chi connectivity index (χ3v) is 4.50. The van der Waals surface area contributed by atoms with E-state index in [1.165, 1.54) is 0 Å². The van der Waals surface area contributed by atoms with Gasteiger partial charge in [-0.1, -0.05) is 18.2 Å². The Hall–Kier alpha value is -3.22. The van der Waals surface area contributed by atoms with E-state index in [1.54, 1.807) is 23.1 Å². The predicted octanol–water partition coefficient (Wildman–Crippen LogP) is 3.23. The van der Waals surface area contributed by atoms with E-state index in [-0.39, 0.29) is 17.9 Å². The highest BCUT2D eigenvalue weighted by molar-refractivity contribution is 5.95. The van der Waals surface area contributed by atoms with Crippen molar-refractivity contribution in [3.8, 4) is 11.7 Å². The average molecular weight is 363 g/mol. The number of amides is 1. The number of nitrogens with one attached hydrogen (secondary N) is 1. The minimum Gasteiger partial charge on any atom is -0.491 e. The second kappa shape index (κ2) is 6.83. The first-order chi connectivity index (χ1) is 13.0. The van der Waals surface area contributed by atoms with Crippen LogP contribution < -0.4 is 10.1 Å². The van der Waals surface area contributed by atoms with Crippen molar-refractivity contribution in [2.75, 3.05) is 5.32 Å². The lowest BCUT2D eigenvalue weighted by atomic mass is 9.85. The van der Waals surface area contributed by atoms with Crippen LogP contribution in [-0.4, -0.2) is 31.8 Å². The molecule has 138 valence electrons. The van der Waals surface area contributed by atoms with Crippen molar-refractivity contribution in [2.24, 2.45) is 0 Å². The molecule has 1 amide bonds. The highest BCUT2D eigenvalue weighted by Gasteiger charge is 2.34. The highest BCUT2D eigenvalue weighted by Crippen LogP contribution is 2.42. The fraction of sp³-hybridized carbons (Fsp3) is 0.300. The molecule has 2 aromatic heterocycles. The first-order valence-corrected chi connectivity index (χ1v) is 8.97. The monoisotopic (exact) mass is 363 g/mol. The van der Waals surface area contributed by atoms with Crippen LogP contribution in [0.25, 0.3) is 5.95 Å². The molecule has 7 heteroatoms. The summed E-state index contributed by atoms with van der Waals surface area (Å²) in [6, 6.07) is 9.61. The summed E-state index contributed by atoms with van der Waals surface area (Å²) < 4.78 is 7.59. The molecular weight excluding hydrogens is 342 g/mol. The van der Waals surface area contributed by atoms with E-state index in [0.29, 0.717) is 18.2 Å². The topological polar surface area (TPSA) is 81.9 Å². The molecule has 4 rings (SSSR count). The number of benzene rings is 1. The highest BCUT2D eigenvalue weighted by atomic mass is 16.5. The molecule has 0 fully saturated rings. The molecule has 3 heterocycles. The van der Waals surface area contributed by atoms with Gasteiger partial charge in [-0.15, -0.1) is 0 Å². The summed E-state index contributed by atoms with van der Waals surface area (Å²) in [5.74, 6) is 1.64. The molecule has 1 aliphatic heterocycles. The normalized spacial score (nSPS) is 16.1. The zero-order valence-electron chi connectivity index (χ0n) is 15.5. The summed E-state index contributed by atoms with van der Waals surface area (Å²) >= 11 is 0. The number of fused-ring (bicyclic) bond motifs is 1. The van der Waals surface area contributed by atoms with Gasteiger partial charge in [0.25, 0.3) is 5.95 Å². The van der Waals surface area contributed by atoms with Crippen molar-refractivity contribution < 1.29 is 9.53 Å². The van der Waals surface area contributed by atoms with Gasteiger partial charge in [0.2, 0.25) is 5.91 Å². The molecule has 0 bridgehead atoms. The Morgan fingerprint density at radius 3 is 2.67 bits per heavy atom. The Kier molecular flexibility index (Phi) is 4.35. The molecule has 0 unspecified atom stereocenters. The maximum absolute atomic E-state index is 12.5. The summed E-state index contributed by atoms with van der Waals surface area (Å²) in [5, 5.41) is 7.55. The average Bonchev–Trinajstić information content (AvgIpc) is 2.98. The molecule has 0 radical (unpaired) electrons.